The van der Waals surface area contributed by atoms with Gasteiger partial charge < -0.3 is 20.0 Å². The molecule has 3 aliphatic rings. The number of urea groups is 1. The maximum absolute atomic E-state index is 13.2. The third-order valence-corrected chi connectivity index (χ3v) is 9.52. The van der Waals surface area contributed by atoms with E-state index in [1.165, 1.54) is 62.0 Å². The molecule has 1 saturated carbocycles. The van der Waals surface area contributed by atoms with E-state index >= 15 is 0 Å². The average Bonchev–Trinajstić information content (AvgIpc) is 3.67. The normalized spacial score (nSPS) is 22.8. The molecule has 2 aliphatic heterocycles. The van der Waals surface area contributed by atoms with Crippen LogP contribution in [0.4, 0.5) is 18.0 Å². The molecule has 2 aromatic rings. The number of alkyl halides is 3. The zero-order valence-electron chi connectivity index (χ0n) is 22.4. The molecule has 5 rings (SSSR count). The molecule has 1 N–H and O–H groups in total. The van der Waals surface area contributed by atoms with Crippen LogP contribution < -0.4 is 5.32 Å². The molecule has 3 heterocycles. The lowest BCUT2D eigenvalue weighted by molar-refractivity contribution is -0.137. The molecule has 1 aromatic carbocycles. The lowest BCUT2D eigenvalue weighted by Crippen LogP contribution is -2.45. The maximum atomic E-state index is 13.2. The molecule has 3 amide bonds. The Bertz CT molecular complexity index is 1140. The molecule has 39 heavy (non-hydrogen) atoms. The summed E-state index contributed by atoms with van der Waals surface area (Å²) in [5.74, 6) is -0.133. The van der Waals surface area contributed by atoms with Gasteiger partial charge in [-0.25, -0.2) is 4.79 Å². The van der Waals surface area contributed by atoms with E-state index in [0.717, 1.165) is 42.9 Å². The van der Waals surface area contributed by atoms with Crippen molar-refractivity contribution in [3.63, 3.8) is 0 Å². The van der Waals surface area contributed by atoms with Crippen LogP contribution in [0.2, 0.25) is 0 Å². The highest BCUT2D eigenvalue weighted by molar-refractivity contribution is 7.17. The Morgan fingerprint density at radius 3 is 2.23 bits per heavy atom. The highest BCUT2D eigenvalue weighted by Crippen LogP contribution is 2.34. The van der Waals surface area contributed by atoms with Gasteiger partial charge in [0.1, 0.15) is 0 Å². The predicted octanol–water partition coefficient (Wildman–Crippen LogP) is 6.09. The van der Waals surface area contributed by atoms with Gasteiger partial charge in [-0.05, 0) is 55.5 Å². The molecule has 1 aromatic heterocycles. The number of halogens is 3. The molecule has 2 saturated heterocycles. The summed E-state index contributed by atoms with van der Waals surface area (Å²) < 4.78 is 38.6. The van der Waals surface area contributed by atoms with Crippen molar-refractivity contribution in [2.45, 2.75) is 75.7 Å². The summed E-state index contributed by atoms with van der Waals surface area (Å²) >= 11 is 1.27. The second-order valence-electron chi connectivity index (χ2n) is 11.1. The zero-order valence-corrected chi connectivity index (χ0v) is 23.2. The zero-order chi connectivity index (χ0) is 27.6. The summed E-state index contributed by atoms with van der Waals surface area (Å²) in [6.07, 6.45) is 5.02. The number of likely N-dealkylation sites (tertiary alicyclic amines) is 2. The van der Waals surface area contributed by atoms with E-state index in [1.807, 2.05) is 9.80 Å². The Morgan fingerprint density at radius 1 is 0.872 bits per heavy atom. The number of benzene rings is 1. The summed E-state index contributed by atoms with van der Waals surface area (Å²) in [6.45, 7) is 2.64. The first kappa shape index (κ1) is 28.0. The minimum atomic E-state index is -4.38. The monoisotopic (exact) mass is 562 g/mol. The van der Waals surface area contributed by atoms with E-state index in [9.17, 15) is 22.8 Å². The van der Waals surface area contributed by atoms with Crippen LogP contribution in [0.3, 0.4) is 0 Å². The molecular formula is C29H37F3N4O2S. The average molecular weight is 563 g/mol. The van der Waals surface area contributed by atoms with Crippen molar-refractivity contribution < 1.29 is 22.8 Å². The molecule has 0 spiro atoms. The summed E-state index contributed by atoms with van der Waals surface area (Å²) in [5.41, 5.74) is -0.0516. The number of carbonyl (C=O) groups excluding carboxylic acids is 2. The van der Waals surface area contributed by atoms with Crippen molar-refractivity contribution >= 4 is 23.3 Å². The van der Waals surface area contributed by atoms with Gasteiger partial charge in [-0.1, -0.05) is 37.8 Å². The standard InChI is InChI=1S/C29H37F3N4O2S/c1-34(27(37)26-13-12-25(39-26)20-8-10-21(11-9-20)29(30,31)32)24-15-17-36(19-24)28(38)35-16-14-23(18-35)33-22-6-4-2-3-5-7-22/h8-13,22-24,33H,2-7,14-19H2,1H3/t23-,24+/m1/s1. The van der Waals surface area contributed by atoms with Crippen molar-refractivity contribution in [3.05, 3.63) is 46.8 Å². The number of rotatable bonds is 5. The molecule has 2 atom stereocenters. The molecule has 0 unspecified atom stereocenters. The van der Waals surface area contributed by atoms with Gasteiger partial charge in [0.15, 0.2) is 0 Å². The van der Waals surface area contributed by atoms with E-state index in [-0.39, 0.29) is 18.0 Å². The van der Waals surface area contributed by atoms with Crippen molar-refractivity contribution in [3.8, 4) is 10.4 Å². The third kappa shape index (κ3) is 6.60. The van der Waals surface area contributed by atoms with Crippen molar-refractivity contribution in [2.24, 2.45) is 0 Å². The van der Waals surface area contributed by atoms with Gasteiger partial charge in [0.2, 0.25) is 0 Å². The third-order valence-electron chi connectivity index (χ3n) is 8.40. The number of nitrogens with zero attached hydrogens (tertiary/aromatic N) is 3. The largest absolute Gasteiger partial charge is 0.416 e. The maximum Gasteiger partial charge on any atom is 0.416 e. The number of hydrogen-bond donors (Lipinski definition) is 1. The Hall–Kier alpha value is -2.59. The number of carbonyl (C=O) groups is 2. The molecule has 0 radical (unpaired) electrons. The van der Waals surface area contributed by atoms with Gasteiger partial charge in [0.05, 0.1) is 16.5 Å². The van der Waals surface area contributed by atoms with Crippen LogP contribution in [-0.4, -0.2) is 78.0 Å². The quantitative estimate of drug-likeness (QED) is 0.449. The van der Waals surface area contributed by atoms with Crippen LogP contribution in [0.1, 0.15) is 66.6 Å². The number of thiophene rings is 1. The first-order chi connectivity index (χ1) is 18.7. The van der Waals surface area contributed by atoms with Crippen LogP contribution in [0, 0.1) is 0 Å². The van der Waals surface area contributed by atoms with Gasteiger partial charge in [-0.3, -0.25) is 4.79 Å². The van der Waals surface area contributed by atoms with Crippen molar-refractivity contribution in [2.75, 3.05) is 33.2 Å². The van der Waals surface area contributed by atoms with Crippen LogP contribution in [0.5, 0.6) is 0 Å². The molecule has 0 bridgehead atoms. The van der Waals surface area contributed by atoms with Crippen molar-refractivity contribution in [1.82, 2.24) is 20.0 Å². The topological polar surface area (TPSA) is 55.9 Å². The van der Waals surface area contributed by atoms with E-state index in [2.05, 4.69) is 5.32 Å². The molecule has 10 heteroatoms. The van der Waals surface area contributed by atoms with Gasteiger partial charge in [0, 0.05) is 50.2 Å². The van der Waals surface area contributed by atoms with Crippen molar-refractivity contribution in [1.29, 1.82) is 0 Å². The molecule has 1 aliphatic carbocycles. The smallest absolute Gasteiger partial charge is 0.336 e. The lowest BCUT2D eigenvalue weighted by Gasteiger charge is -2.27. The number of hydrogen-bond acceptors (Lipinski definition) is 4. The van der Waals surface area contributed by atoms with Crippen LogP contribution in [-0.2, 0) is 6.18 Å². The summed E-state index contributed by atoms with van der Waals surface area (Å²) in [4.78, 5) is 33.3. The number of amides is 3. The SMILES string of the molecule is CN(C(=O)c1ccc(-c2ccc(C(F)(F)F)cc2)s1)[C@H]1CCN(C(=O)N2CC[C@@H](NC3CCCCCC3)C2)C1. The van der Waals surface area contributed by atoms with Gasteiger partial charge in [-0.2, -0.15) is 13.2 Å². The van der Waals surface area contributed by atoms with Gasteiger partial charge in [0.25, 0.3) is 5.91 Å². The fourth-order valence-corrected chi connectivity index (χ4v) is 7.05. The predicted molar refractivity (Wildman–Crippen MR) is 147 cm³/mol. The van der Waals surface area contributed by atoms with Crippen LogP contribution in [0.25, 0.3) is 10.4 Å². The minimum absolute atomic E-state index is 0.0595. The first-order valence-electron chi connectivity index (χ1n) is 14.0. The summed E-state index contributed by atoms with van der Waals surface area (Å²) in [7, 11) is 1.76. The van der Waals surface area contributed by atoms with E-state index < -0.39 is 11.7 Å². The number of nitrogens with one attached hydrogen (secondary N) is 1. The summed E-state index contributed by atoms with van der Waals surface area (Å²) in [6, 6.07) is 9.39. The Kier molecular flexibility index (Phi) is 8.52. The van der Waals surface area contributed by atoms with E-state index in [1.54, 1.807) is 24.1 Å². The van der Waals surface area contributed by atoms with Gasteiger partial charge >= 0.3 is 12.2 Å². The molecular weight excluding hydrogens is 525 g/mol. The Morgan fingerprint density at radius 2 is 1.54 bits per heavy atom. The second-order valence-corrected chi connectivity index (χ2v) is 12.2. The fraction of sp³-hybridized carbons (Fsp3) is 0.586. The molecule has 3 fully saturated rings. The highest BCUT2D eigenvalue weighted by atomic mass is 32.1. The minimum Gasteiger partial charge on any atom is -0.336 e. The summed E-state index contributed by atoms with van der Waals surface area (Å²) in [5, 5.41) is 3.80. The Balaban J connectivity index is 1.13. The highest BCUT2D eigenvalue weighted by Gasteiger charge is 2.36. The Labute approximate surface area is 232 Å². The number of likely N-dealkylation sites (N-methyl/N-ethyl adjacent to an activating group) is 1. The molecule has 6 nitrogen and oxygen atoms in total. The fourth-order valence-electron chi connectivity index (χ4n) is 6.05. The van der Waals surface area contributed by atoms with Crippen LogP contribution >= 0.6 is 11.3 Å². The van der Waals surface area contributed by atoms with E-state index in [4.69, 9.17) is 0 Å². The van der Waals surface area contributed by atoms with Gasteiger partial charge in [-0.15, -0.1) is 11.3 Å². The van der Waals surface area contributed by atoms with E-state index in [0.29, 0.717) is 35.6 Å². The van der Waals surface area contributed by atoms with Crippen LogP contribution in [0.15, 0.2) is 36.4 Å². The first-order valence-corrected chi connectivity index (χ1v) is 14.8. The second kappa shape index (κ2) is 11.9. The molecule has 212 valence electrons. The lowest BCUT2D eigenvalue weighted by atomic mass is 10.1.